The molecule has 0 spiro atoms. The van der Waals surface area contributed by atoms with Crippen molar-refractivity contribution in [3.63, 3.8) is 0 Å². The molecule has 8 nitrogen and oxygen atoms in total. The highest BCUT2D eigenvalue weighted by Gasteiger charge is 2.30. The van der Waals surface area contributed by atoms with Crippen LogP contribution < -0.4 is 10.6 Å². The van der Waals surface area contributed by atoms with Crippen molar-refractivity contribution in [2.24, 2.45) is 0 Å². The van der Waals surface area contributed by atoms with Crippen LogP contribution in [0.1, 0.15) is 33.8 Å². The molecule has 1 amide bonds. The van der Waals surface area contributed by atoms with E-state index in [0.29, 0.717) is 30.9 Å². The fourth-order valence-electron chi connectivity index (χ4n) is 3.22. The molecule has 1 fully saturated rings. The fourth-order valence-corrected chi connectivity index (χ4v) is 3.22. The quantitative estimate of drug-likeness (QED) is 0.734. The SMILES string of the molecule is CNc1cc(C(=O)N[C@@H]2CCN(Cc3c(C)noc3C)C[C@H]2O)ccn1. The Labute approximate surface area is 152 Å². The number of nitrogens with zero attached hydrogens (tertiary/aromatic N) is 3. The molecule has 0 bridgehead atoms. The molecule has 26 heavy (non-hydrogen) atoms. The minimum absolute atomic E-state index is 0.202. The van der Waals surface area contributed by atoms with E-state index < -0.39 is 6.10 Å². The average Bonchev–Trinajstić information content (AvgIpc) is 2.96. The summed E-state index contributed by atoms with van der Waals surface area (Å²) in [6.07, 6.45) is 1.64. The number of carbonyl (C=O) groups excluding carboxylic acids is 1. The van der Waals surface area contributed by atoms with Crippen molar-refractivity contribution < 1.29 is 14.4 Å². The van der Waals surface area contributed by atoms with E-state index >= 15 is 0 Å². The Balaban J connectivity index is 1.57. The Morgan fingerprint density at radius 2 is 2.27 bits per heavy atom. The zero-order chi connectivity index (χ0) is 18.7. The van der Waals surface area contributed by atoms with Crippen LogP contribution in [0.4, 0.5) is 5.82 Å². The summed E-state index contributed by atoms with van der Waals surface area (Å²) in [4.78, 5) is 18.7. The third kappa shape index (κ3) is 4.03. The third-order valence-corrected chi connectivity index (χ3v) is 4.82. The molecular formula is C18H25N5O3. The van der Waals surface area contributed by atoms with Gasteiger partial charge in [-0.05, 0) is 32.4 Å². The summed E-state index contributed by atoms with van der Waals surface area (Å²) in [7, 11) is 1.75. The summed E-state index contributed by atoms with van der Waals surface area (Å²) in [6, 6.07) is 3.08. The van der Waals surface area contributed by atoms with Gasteiger partial charge in [0.1, 0.15) is 11.6 Å². The lowest BCUT2D eigenvalue weighted by Gasteiger charge is -2.36. The maximum absolute atomic E-state index is 12.4. The number of hydrogen-bond donors (Lipinski definition) is 3. The van der Waals surface area contributed by atoms with Gasteiger partial charge in [-0.25, -0.2) is 4.98 Å². The van der Waals surface area contributed by atoms with Gasteiger partial charge in [-0.3, -0.25) is 9.69 Å². The number of aryl methyl sites for hydroxylation is 2. The van der Waals surface area contributed by atoms with E-state index in [9.17, 15) is 9.90 Å². The summed E-state index contributed by atoms with van der Waals surface area (Å²) in [5.41, 5.74) is 2.47. The highest BCUT2D eigenvalue weighted by molar-refractivity contribution is 5.95. The maximum Gasteiger partial charge on any atom is 0.251 e. The number of amides is 1. The standard InChI is InChI=1S/C18H25N5O3/c1-11-14(12(2)26-22-11)9-23-7-5-15(16(24)10-23)21-18(25)13-4-6-20-17(8-13)19-3/h4,6,8,15-16,24H,5,7,9-10H2,1-3H3,(H,19,20)(H,21,25)/t15-,16-/m1/s1. The monoisotopic (exact) mass is 359 g/mol. The lowest BCUT2D eigenvalue weighted by Crippen LogP contribution is -2.53. The first-order valence-corrected chi connectivity index (χ1v) is 8.74. The van der Waals surface area contributed by atoms with E-state index in [1.54, 1.807) is 25.4 Å². The largest absolute Gasteiger partial charge is 0.390 e. The zero-order valence-electron chi connectivity index (χ0n) is 15.3. The molecule has 3 N–H and O–H groups in total. The van der Waals surface area contributed by atoms with Crippen LogP contribution in [-0.2, 0) is 6.54 Å². The number of aliphatic hydroxyl groups is 1. The van der Waals surface area contributed by atoms with Crippen molar-refractivity contribution in [3.05, 3.63) is 40.9 Å². The van der Waals surface area contributed by atoms with Gasteiger partial charge in [-0.2, -0.15) is 0 Å². The normalized spacial score (nSPS) is 20.8. The van der Waals surface area contributed by atoms with Crippen LogP contribution in [0, 0.1) is 13.8 Å². The lowest BCUT2D eigenvalue weighted by atomic mass is 10.0. The van der Waals surface area contributed by atoms with Crippen molar-refractivity contribution in [1.29, 1.82) is 0 Å². The van der Waals surface area contributed by atoms with E-state index in [1.165, 1.54) is 0 Å². The van der Waals surface area contributed by atoms with Crippen molar-refractivity contribution >= 4 is 11.7 Å². The molecule has 0 saturated carbocycles. The number of nitrogens with one attached hydrogen (secondary N) is 2. The Kier molecular flexibility index (Phi) is 5.53. The second-order valence-electron chi connectivity index (χ2n) is 6.65. The molecule has 1 aliphatic rings. The van der Waals surface area contributed by atoms with Crippen LogP contribution in [0.15, 0.2) is 22.9 Å². The summed E-state index contributed by atoms with van der Waals surface area (Å²) < 4.78 is 5.20. The first-order valence-electron chi connectivity index (χ1n) is 8.74. The molecule has 140 valence electrons. The number of rotatable bonds is 5. The summed E-state index contributed by atoms with van der Waals surface area (Å²) >= 11 is 0. The van der Waals surface area contributed by atoms with E-state index in [-0.39, 0.29) is 11.9 Å². The van der Waals surface area contributed by atoms with Crippen molar-refractivity contribution in [2.75, 3.05) is 25.5 Å². The molecule has 0 aromatic carbocycles. The topological polar surface area (TPSA) is 104 Å². The molecule has 0 aliphatic carbocycles. The van der Waals surface area contributed by atoms with E-state index in [4.69, 9.17) is 4.52 Å². The van der Waals surface area contributed by atoms with Crippen LogP contribution in [0.25, 0.3) is 0 Å². The summed E-state index contributed by atoms with van der Waals surface area (Å²) in [5, 5.41) is 20.3. The van der Waals surface area contributed by atoms with E-state index in [1.807, 2.05) is 13.8 Å². The number of likely N-dealkylation sites (tertiary alicyclic amines) is 1. The van der Waals surface area contributed by atoms with Crippen molar-refractivity contribution in [1.82, 2.24) is 20.4 Å². The smallest absolute Gasteiger partial charge is 0.251 e. The van der Waals surface area contributed by atoms with Crippen LogP contribution in [0.2, 0.25) is 0 Å². The molecule has 1 aliphatic heterocycles. The van der Waals surface area contributed by atoms with Gasteiger partial charge in [-0.15, -0.1) is 0 Å². The number of hydrogen-bond acceptors (Lipinski definition) is 7. The van der Waals surface area contributed by atoms with E-state index in [2.05, 4.69) is 25.7 Å². The predicted molar refractivity (Wildman–Crippen MR) is 96.9 cm³/mol. The Bertz CT molecular complexity index is 756. The van der Waals surface area contributed by atoms with Crippen LogP contribution >= 0.6 is 0 Å². The van der Waals surface area contributed by atoms with Gasteiger partial charge in [0.25, 0.3) is 5.91 Å². The molecule has 0 unspecified atom stereocenters. The molecule has 3 heterocycles. The molecule has 3 rings (SSSR count). The predicted octanol–water partition coefficient (Wildman–Crippen LogP) is 1.09. The lowest BCUT2D eigenvalue weighted by molar-refractivity contribution is 0.0347. The van der Waals surface area contributed by atoms with Crippen LogP contribution in [-0.4, -0.2) is 58.3 Å². The molecule has 0 radical (unpaired) electrons. The zero-order valence-corrected chi connectivity index (χ0v) is 15.3. The summed E-state index contributed by atoms with van der Waals surface area (Å²) in [5.74, 6) is 1.24. The van der Waals surface area contributed by atoms with Crippen molar-refractivity contribution in [3.8, 4) is 0 Å². The Morgan fingerprint density at radius 1 is 1.46 bits per heavy atom. The fraction of sp³-hybridized carbons (Fsp3) is 0.500. The first-order chi connectivity index (χ1) is 12.5. The van der Waals surface area contributed by atoms with E-state index in [0.717, 1.165) is 23.6 Å². The second kappa shape index (κ2) is 7.84. The second-order valence-corrected chi connectivity index (χ2v) is 6.65. The van der Waals surface area contributed by atoms with Gasteiger partial charge in [0.05, 0.1) is 17.8 Å². The molecule has 1 saturated heterocycles. The molecule has 2 aromatic rings. The van der Waals surface area contributed by atoms with Gasteiger partial charge in [0, 0.05) is 44.0 Å². The van der Waals surface area contributed by atoms with Gasteiger partial charge >= 0.3 is 0 Å². The average molecular weight is 359 g/mol. The molecule has 2 atom stereocenters. The Hall–Kier alpha value is -2.45. The van der Waals surface area contributed by atoms with Crippen molar-refractivity contribution in [2.45, 2.75) is 39.0 Å². The number of aliphatic hydroxyl groups excluding tert-OH is 1. The number of pyridine rings is 1. The minimum Gasteiger partial charge on any atom is -0.390 e. The van der Waals surface area contributed by atoms with Crippen LogP contribution in [0.5, 0.6) is 0 Å². The highest BCUT2D eigenvalue weighted by atomic mass is 16.5. The number of anilines is 1. The van der Waals surface area contributed by atoms with Gasteiger partial charge in [-0.1, -0.05) is 5.16 Å². The van der Waals surface area contributed by atoms with Gasteiger partial charge in [0.15, 0.2) is 0 Å². The first kappa shape index (κ1) is 18.3. The highest BCUT2D eigenvalue weighted by Crippen LogP contribution is 2.19. The third-order valence-electron chi connectivity index (χ3n) is 4.82. The maximum atomic E-state index is 12.4. The Morgan fingerprint density at radius 3 is 2.92 bits per heavy atom. The molecule has 8 heteroatoms. The number of β-amino-alcohol motifs (C(OH)–C–C–N with tert-alkyl or cyclic N) is 1. The minimum atomic E-state index is -0.626. The number of aromatic nitrogens is 2. The number of carbonyl (C=O) groups is 1. The molecular weight excluding hydrogens is 334 g/mol. The number of piperidine rings is 1. The van der Waals surface area contributed by atoms with Crippen LogP contribution in [0.3, 0.4) is 0 Å². The van der Waals surface area contributed by atoms with Gasteiger partial charge in [0.2, 0.25) is 0 Å². The molecule has 2 aromatic heterocycles. The van der Waals surface area contributed by atoms with Gasteiger partial charge < -0.3 is 20.3 Å². The summed E-state index contributed by atoms with van der Waals surface area (Å²) in [6.45, 7) is 5.78.